The number of halogens is 1. The Morgan fingerprint density at radius 1 is 1.14 bits per heavy atom. The van der Waals surface area contributed by atoms with Crippen LogP contribution in [0.25, 0.3) is 5.69 Å². The third kappa shape index (κ3) is 7.43. The number of aliphatic imine (C=N–C) groups is 1. The van der Waals surface area contributed by atoms with Crippen LogP contribution in [0.1, 0.15) is 44.2 Å². The molecule has 0 bridgehead atoms. The Kier molecular flexibility index (Phi) is 10.3. The Bertz CT molecular complexity index is 698. The second kappa shape index (κ2) is 12.8. The van der Waals surface area contributed by atoms with Gasteiger partial charge in [0.05, 0.1) is 24.0 Å². The molecule has 1 aliphatic rings. The number of nitrogens with one attached hydrogen (secondary N) is 2. The van der Waals surface area contributed by atoms with Gasteiger partial charge in [0.1, 0.15) is 0 Å². The molecule has 0 radical (unpaired) electrons. The summed E-state index contributed by atoms with van der Waals surface area (Å²) in [6.07, 6.45) is 9.91. The third-order valence-corrected chi connectivity index (χ3v) is 4.84. The van der Waals surface area contributed by atoms with E-state index in [0.717, 1.165) is 36.9 Å². The van der Waals surface area contributed by atoms with E-state index >= 15 is 0 Å². The minimum absolute atomic E-state index is 0. The van der Waals surface area contributed by atoms with Crippen molar-refractivity contribution in [2.45, 2.75) is 51.2 Å². The van der Waals surface area contributed by atoms with E-state index in [9.17, 15) is 0 Å². The van der Waals surface area contributed by atoms with Gasteiger partial charge in [0.25, 0.3) is 0 Å². The van der Waals surface area contributed by atoms with E-state index in [1.54, 1.807) is 7.05 Å². The summed E-state index contributed by atoms with van der Waals surface area (Å²) in [5.74, 6) is 0.793. The molecule has 1 aliphatic carbocycles. The first kappa shape index (κ1) is 22.7. The number of hydrogen-bond acceptors (Lipinski definition) is 3. The van der Waals surface area contributed by atoms with Crippen molar-refractivity contribution in [3.05, 3.63) is 48.3 Å². The Morgan fingerprint density at radius 2 is 1.93 bits per heavy atom. The monoisotopic (exact) mass is 497 g/mol. The van der Waals surface area contributed by atoms with E-state index < -0.39 is 0 Å². The lowest BCUT2D eigenvalue weighted by molar-refractivity contribution is 0.0277. The highest BCUT2D eigenvalue weighted by molar-refractivity contribution is 14.0. The summed E-state index contributed by atoms with van der Waals surface area (Å²) in [5, 5.41) is 11.3. The lowest BCUT2D eigenvalue weighted by Crippen LogP contribution is -2.37. The highest BCUT2D eigenvalue weighted by atomic mass is 127. The molecule has 0 amide bonds. The van der Waals surface area contributed by atoms with Gasteiger partial charge < -0.3 is 15.4 Å². The lowest BCUT2D eigenvalue weighted by atomic mass is 9.98. The number of hydrogen-bond donors (Lipinski definition) is 2. The van der Waals surface area contributed by atoms with Crippen LogP contribution in [0.15, 0.2) is 47.6 Å². The summed E-state index contributed by atoms with van der Waals surface area (Å²) in [4.78, 5) is 4.27. The first-order chi connectivity index (χ1) is 13.3. The zero-order valence-electron chi connectivity index (χ0n) is 16.6. The molecule has 1 fully saturated rings. The highest BCUT2D eigenvalue weighted by Crippen LogP contribution is 2.20. The average molecular weight is 497 g/mol. The van der Waals surface area contributed by atoms with Crippen LogP contribution in [-0.2, 0) is 11.3 Å². The third-order valence-electron chi connectivity index (χ3n) is 4.84. The van der Waals surface area contributed by atoms with Crippen LogP contribution in [0.2, 0.25) is 0 Å². The van der Waals surface area contributed by atoms with E-state index in [0.29, 0.717) is 12.6 Å². The van der Waals surface area contributed by atoms with Crippen LogP contribution < -0.4 is 10.6 Å². The van der Waals surface area contributed by atoms with Gasteiger partial charge >= 0.3 is 0 Å². The zero-order valence-corrected chi connectivity index (χ0v) is 19.0. The molecule has 1 saturated carbocycles. The summed E-state index contributed by atoms with van der Waals surface area (Å²) >= 11 is 0. The normalized spacial score (nSPS) is 15.1. The number of ether oxygens (including phenoxy) is 1. The van der Waals surface area contributed by atoms with Crippen LogP contribution in [0.5, 0.6) is 0 Å². The van der Waals surface area contributed by atoms with Crippen molar-refractivity contribution in [3.8, 4) is 5.69 Å². The highest BCUT2D eigenvalue weighted by Gasteiger charge is 2.13. The molecule has 0 atom stereocenters. The van der Waals surface area contributed by atoms with Gasteiger partial charge in [0.2, 0.25) is 0 Å². The van der Waals surface area contributed by atoms with Crippen LogP contribution in [0.4, 0.5) is 0 Å². The van der Waals surface area contributed by atoms with Crippen molar-refractivity contribution >= 4 is 29.9 Å². The Morgan fingerprint density at radius 3 is 2.68 bits per heavy atom. The number of para-hydroxylation sites is 1. The maximum absolute atomic E-state index is 5.96. The Labute approximate surface area is 185 Å². The van der Waals surface area contributed by atoms with Crippen LogP contribution in [-0.4, -0.2) is 42.0 Å². The molecule has 2 N–H and O–H groups in total. The summed E-state index contributed by atoms with van der Waals surface area (Å²) in [5.41, 5.74) is 2.03. The molecule has 1 heterocycles. The molecule has 0 saturated heterocycles. The lowest BCUT2D eigenvalue weighted by Gasteiger charge is -2.22. The maximum atomic E-state index is 5.96. The van der Waals surface area contributed by atoms with E-state index in [2.05, 4.69) is 20.7 Å². The Balaban J connectivity index is 0.00000280. The molecule has 1 aromatic carbocycles. The van der Waals surface area contributed by atoms with Crippen molar-refractivity contribution in [3.63, 3.8) is 0 Å². The van der Waals surface area contributed by atoms with Crippen molar-refractivity contribution in [2.24, 2.45) is 4.99 Å². The second-order valence-electron chi connectivity index (χ2n) is 6.92. The van der Waals surface area contributed by atoms with Crippen LogP contribution in [0.3, 0.4) is 0 Å². The maximum Gasteiger partial charge on any atom is 0.191 e. The smallest absolute Gasteiger partial charge is 0.191 e. The molecular weight excluding hydrogens is 465 g/mol. The van der Waals surface area contributed by atoms with Gasteiger partial charge in [0.15, 0.2) is 5.96 Å². The topological polar surface area (TPSA) is 63.5 Å². The van der Waals surface area contributed by atoms with E-state index in [1.807, 2.05) is 47.3 Å². The van der Waals surface area contributed by atoms with Gasteiger partial charge in [-0.05, 0) is 37.5 Å². The molecular formula is C21H32IN5O. The predicted molar refractivity (Wildman–Crippen MR) is 125 cm³/mol. The molecule has 1 aromatic heterocycles. The predicted octanol–water partition coefficient (Wildman–Crippen LogP) is 3.89. The van der Waals surface area contributed by atoms with Crippen molar-refractivity contribution < 1.29 is 4.74 Å². The fraction of sp³-hybridized carbons (Fsp3) is 0.524. The van der Waals surface area contributed by atoms with Gasteiger partial charge in [0, 0.05) is 26.4 Å². The number of aromatic nitrogens is 2. The first-order valence-electron chi connectivity index (χ1n) is 10.0. The number of guanidine groups is 1. The molecule has 154 valence electrons. The van der Waals surface area contributed by atoms with Gasteiger partial charge in [-0.25, -0.2) is 4.68 Å². The summed E-state index contributed by atoms with van der Waals surface area (Å²) < 4.78 is 7.84. The SMILES string of the molecule is CN=C(NCCCOC1CCCCC1)NCc1ccn(-c2ccccc2)n1.I. The van der Waals surface area contributed by atoms with Gasteiger partial charge in [-0.15, -0.1) is 24.0 Å². The van der Waals surface area contributed by atoms with E-state index in [1.165, 1.54) is 32.1 Å². The average Bonchev–Trinajstić information content (AvgIpc) is 3.20. The molecule has 0 spiro atoms. The molecule has 0 unspecified atom stereocenters. The summed E-state index contributed by atoms with van der Waals surface area (Å²) in [7, 11) is 1.79. The number of benzene rings is 1. The molecule has 3 rings (SSSR count). The van der Waals surface area contributed by atoms with Crippen LogP contribution in [0, 0.1) is 0 Å². The zero-order chi connectivity index (χ0) is 18.7. The standard InChI is InChI=1S/C21H31N5O.HI/c1-22-21(23-14-8-16-27-20-11-6-3-7-12-20)24-17-18-13-15-26(25-18)19-9-4-2-5-10-19;/h2,4-5,9-10,13,15,20H,3,6-8,11-12,14,16-17H2,1H3,(H2,22,23,24);1H. The molecule has 28 heavy (non-hydrogen) atoms. The summed E-state index contributed by atoms with van der Waals surface area (Å²) in [6, 6.07) is 12.1. The van der Waals surface area contributed by atoms with Crippen molar-refractivity contribution in [1.29, 1.82) is 0 Å². The molecule has 7 heteroatoms. The Hall–Kier alpha value is -1.61. The minimum atomic E-state index is 0. The minimum Gasteiger partial charge on any atom is -0.378 e. The molecule has 6 nitrogen and oxygen atoms in total. The van der Waals surface area contributed by atoms with Gasteiger partial charge in [-0.2, -0.15) is 5.10 Å². The molecule has 2 aromatic rings. The van der Waals surface area contributed by atoms with Crippen LogP contribution >= 0.6 is 24.0 Å². The fourth-order valence-electron chi connectivity index (χ4n) is 3.34. The number of nitrogens with zero attached hydrogens (tertiary/aromatic N) is 3. The van der Waals surface area contributed by atoms with Gasteiger partial charge in [-0.1, -0.05) is 37.5 Å². The summed E-state index contributed by atoms with van der Waals surface area (Å²) in [6.45, 7) is 2.30. The quantitative estimate of drug-likeness (QED) is 0.252. The van der Waals surface area contributed by atoms with Crippen molar-refractivity contribution in [2.75, 3.05) is 20.2 Å². The van der Waals surface area contributed by atoms with E-state index in [-0.39, 0.29) is 24.0 Å². The van der Waals surface area contributed by atoms with Crippen molar-refractivity contribution in [1.82, 2.24) is 20.4 Å². The van der Waals surface area contributed by atoms with Gasteiger partial charge in [-0.3, -0.25) is 4.99 Å². The van der Waals surface area contributed by atoms with E-state index in [4.69, 9.17) is 4.74 Å². The first-order valence-corrected chi connectivity index (χ1v) is 10.0. The number of rotatable bonds is 8. The molecule has 0 aliphatic heterocycles. The fourth-order valence-corrected chi connectivity index (χ4v) is 3.34. The second-order valence-corrected chi connectivity index (χ2v) is 6.92. The largest absolute Gasteiger partial charge is 0.378 e.